The SMILES string of the molecule is CCCCCOCCCCC.O=C=O. The largest absolute Gasteiger partial charge is 0.381 e. The molecule has 0 bridgehead atoms. The predicted octanol–water partition coefficient (Wildman–Crippen LogP) is 2.80. The van der Waals surface area contributed by atoms with Crippen LogP contribution in [0.2, 0.25) is 0 Å². The van der Waals surface area contributed by atoms with Crippen LogP contribution in [0.1, 0.15) is 52.4 Å². The van der Waals surface area contributed by atoms with Gasteiger partial charge in [-0.3, -0.25) is 0 Å². The average Bonchev–Trinajstić information content (AvgIpc) is 2.18. The molecular weight excluding hydrogens is 180 g/mol. The first kappa shape index (κ1) is 15.8. The van der Waals surface area contributed by atoms with E-state index in [9.17, 15) is 0 Å². The van der Waals surface area contributed by atoms with Crippen molar-refractivity contribution < 1.29 is 14.3 Å². The second kappa shape index (κ2) is 18.2. The minimum Gasteiger partial charge on any atom is -0.381 e. The third-order valence-electron chi connectivity index (χ3n) is 1.78. The Morgan fingerprint density at radius 1 is 0.857 bits per heavy atom. The van der Waals surface area contributed by atoms with E-state index in [2.05, 4.69) is 13.8 Å². The molecule has 14 heavy (non-hydrogen) atoms. The van der Waals surface area contributed by atoms with Crippen molar-refractivity contribution in [2.75, 3.05) is 13.2 Å². The number of unbranched alkanes of at least 4 members (excludes halogenated alkanes) is 4. The minimum atomic E-state index is 0.250. The third kappa shape index (κ3) is 22.5. The highest BCUT2D eigenvalue weighted by atomic mass is 16.5. The molecule has 0 unspecified atom stereocenters. The van der Waals surface area contributed by atoms with E-state index in [1.54, 1.807) is 0 Å². The summed E-state index contributed by atoms with van der Waals surface area (Å²) in [6.07, 6.45) is 7.93. The van der Waals surface area contributed by atoms with Gasteiger partial charge in [-0.05, 0) is 12.8 Å². The number of carbonyl (C=O) groups excluding carboxylic acids is 2. The summed E-state index contributed by atoms with van der Waals surface area (Å²) in [5.74, 6) is 0. The van der Waals surface area contributed by atoms with Crippen molar-refractivity contribution in [1.29, 1.82) is 0 Å². The maximum atomic E-state index is 8.12. The Morgan fingerprint density at radius 3 is 1.50 bits per heavy atom. The highest BCUT2D eigenvalue weighted by molar-refractivity contribution is 5.20. The van der Waals surface area contributed by atoms with Crippen LogP contribution in [-0.2, 0) is 14.3 Å². The summed E-state index contributed by atoms with van der Waals surface area (Å²) in [5.41, 5.74) is 0. The van der Waals surface area contributed by atoms with Crippen molar-refractivity contribution in [1.82, 2.24) is 0 Å². The molecule has 0 aromatic carbocycles. The summed E-state index contributed by atoms with van der Waals surface area (Å²) in [6, 6.07) is 0. The first-order valence-corrected chi connectivity index (χ1v) is 5.40. The topological polar surface area (TPSA) is 43.4 Å². The fraction of sp³-hybridized carbons (Fsp3) is 0.909. The van der Waals surface area contributed by atoms with Gasteiger partial charge in [-0.15, -0.1) is 0 Å². The molecule has 0 spiro atoms. The monoisotopic (exact) mass is 202 g/mol. The molecule has 0 rings (SSSR count). The van der Waals surface area contributed by atoms with Crippen LogP contribution in [-0.4, -0.2) is 19.4 Å². The molecule has 0 fully saturated rings. The van der Waals surface area contributed by atoms with Crippen molar-refractivity contribution in [2.24, 2.45) is 0 Å². The summed E-state index contributed by atoms with van der Waals surface area (Å²) in [6.45, 7) is 6.38. The van der Waals surface area contributed by atoms with Gasteiger partial charge in [0.15, 0.2) is 0 Å². The minimum absolute atomic E-state index is 0.250. The summed E-state index contributed by atoms with van der Waals surface area (Å²) in [7, 11) is 0. The molecule has 3 nitrogen and oxygen atoms in total. The number of hydrogen-bond donors (Lipinski definition) is 0. The predicted molar refractivity (Wildman–Crippen MR) is 54.9 cm³/mol. The average molecular weight is 202 g/mol. The van der Waals surface area contributed by atoms with Crippen molar-refractivity contribution >= 4 is 6.15 Å². The normalized spacial score (nSPS) is 8.71. The van der Waals surface area contributed by atoms with E-state index < -0.39 is 0 Å². The van der Waals surface area contributed by atoms with E-state index in [4.69, 9.17) is 14.3 Å². The van der Waals surface area contributed by atoms with E-state index in [0.717, 1.165) is 13.2 Å². The van der Waals surface area contributed by atoms with Gasteiger partial charge >= 0.3 is 6.15 Å². The van der Waals surface area contributed by atoms with Crippen molar-refractivity contribution in [3.63, 3.8) is 0 Å². The lowest BCUT2D eigenvalue weighted by atomic mass is 10.2. The number of rotatable bonds is 8. The third-order valence-corrected chi connectivity index (χ3v) is 1.78. The van der Waals surface area contributed by atoms with Gasteiger partial charge in [-0.2, -0.15) is 9.59 Å². The Labute approximate surface area is 86.8 Å². The Bertz CT molecular complexity index is 110. The van der Waals surface area contributed by atoms with Crippen LogP contribution in [0.4, 0.5) is 0 Å². The molecule has 0 saturated carbocycles. The van der Waals surface area contributed by atoms with Crippen LogP contribution in [0.25, 0.3) is 0 Å². The van der Waals surface area contributed by atoms with E-state index in [0.29, 0.717) is 0 Å². The molecule has 0 aliphatic rings. The first-order valence-electron chi connectivity index (χ1n) is 5.40. The van der Waals surface area contributed by atoms with Gasteiger partial charge in [-0.25, -0.2) is 0 Å². The zero-order valence-corrected chi connectivity index (χ0v) is 9.38. The van der Waals surface area contributed by atoms with E-state index in [-0.39, 0.29) is 6.15 Å². The second-order valence-electron chi connectivity index (χ2n) is 3.11. The van der Waals surface area contributed by atoms with Crippen molar-refractivity contribution in [3.8, 4) is 0 Å². The summed E-state index contributed by atoms with van der Waals surface area (Å²) >= 11 is 0. The Balaban J connectivity index is 0. The van der Waals surface area contributed by atoms with E-state index in [1.165, 1.54) is 38.5 Å². The fourth-order valence-electron chi connectivity index (χ4n) is 1.01. The maximum Gasteiger partial charge on any atom is 0.373 e. The zero-order valence-electron chi connectivity index (χ0n) is 9.38. The molecule has 84 valence electrons. The lowest BCUT2D eigenvalue weighted by molar-refractivity contribution is -0.191. The van der Waals surface area contributed by atoms with Crippen LogP contribution < -0.4 is 0 Å². The highest BCUT2D eigenvalue weighted by Crippen LogP contribution is 1.97. The maximum absolute atomic E-state index is 8.12. The molecule has 0 atom stereocenters. The highest BCUT2D eigenvalue weighted by Gasteiger charge is 1.88. The smallest absolute Gasteiger partial charge is 0.373 e. The quantitative estimate of drug-likeness (QED) is 0.568. The second-order valence-corrected chi connectivity index (χ2v) is 3.11. The van der Waals surface area contributed by atoms with Crippen LogP contribution in [0.3, 0.4) is 0 Å². The van der Waals surface area contributed by atoms with Gasteiger partial charge in [0, 0.05) is 13.2 Å². The molecule has 0 saturated heterocycles. The number of hydrogen-bond acceptors (Lipinski definition) is 3. The van der Waals surface area contributed by atoms with Gasteiger partial charge in [0.25, 0.3) is 0 Å². The van der Waals surface area contributed by atoms with Crippen LogP contribution in [0.15, 0.2) is 0 Å². The Kier molecular flexibility index (Phi) is 20.5. The number of ether oxygens (including phenoxy) is 1. The Hall–Kier alpha value is -0.660. The van der Waals surface area contributed by atoms with Crippen LogP contribution >= 0.6 is 0 Å². The molecule has 0 aromatic rings. The molecule has 0 aromatic heterocycles. The first-order chi connectivity index (χ1) is 6.83. The van der Waals surface area contributed by atoms with Gasteiger partial charge < -0.3 is 4.74 Å². The molecule has 0 heterocycles. The molecule has 0 aliphatic carbocycles. The fourth-order valence-corrected chi connectivity index (χ4v) is 1.01. The molecule has 0 N–H and O–H groups in total. The molecule has 0 radical (unpaired) electrons. The van der Waals surface area contributed by atoms with Crippen molar-refractivity contribution in [2.45, 2.75) is 52.4 Å². The van der Waals surface area contributed by atoms with Crippen LogP contribution in [0.5, 0.6) is 0 Å². The molecular formula is C11H22O3. The van der Waals surface area contributed by atoms with Crippen LogP contribution in [0, 0.1) is 0 Å². The lowest BCUT2D eigenvalue weighted by Gasteiger charge is -2.01. The van der Waals surface area contributed by atoms with Crippen molar-refractivity contribution in [3.05, 3.63) is 0 Å². The van der Waals surface area contributed by atoms with Gasteiger partial charge in [-0.1, -0.05) is 39.5 Å². The summed E-state index contributed by atoms with van der Waals surface area (Å²) < 4.78 is 5.44. The lowest BCUT2D eigenvalue weighted by Crippen LogP contribution is -1.96. The van der Waals surface area contributed by atoms with Gasteiger partial charge in [0.05, 0.1) is 0 Å². The molecule has 3 heteroatoms. The zero-order chi connectivity index (χ0) is 11.1. The summed E-state index contributed by atoms with van der Waals surface area (Å²) in [5, 5.41) is 0. The van der Waals surface area contributed by atoms with E-state index in [1.807, 2.05) is 0 Å². The molecule has 0 amide bonds. The standard InChI is InChI=1S/C10H22O.CO2/c1-3-5-7-9-11-10-8-6-4-2;2-1-3/h3-10H2,1-2H3;. The summed E-state index contributed by atoms with van der Waals surface area (Å²) in [4.78, 5) is 16.2. The Morgan fingerprint density at radius 2 is 1.21 bits per heavy atom. The molecule has 0 aliphatic heterocycles. The van der Waals surface area contributed by atoms with Gasteiger partial charge in [0.1, 0.15) is 0 Å². The van der Waals surface area contributed by atoms with E-state index >= 15 is 0 Å². The van der Waals surface area contributed by atoms with Gasteiger partial charge in [0.2, 0.25) is 0 Å².